The Balaban J connectivity index is 2.23. The van der Waals surface area contributed by atoms with Crippen molar-refractivity contribution in [2.45, 2.75) is 18.2 Å². The molecule has 1 aromatic heterocycles. The van der Waals surface area contributed by atoms with Gasteiger partial charge in [0.2, 0.25) is 5.95 Å². The van der Waals surface area contributed by atoms with E-state index < -0.39 is 26.9 Å². The summed E-state index contributed by atoms with van der Waals surface area (Å²) in [5.74, 6) is -0.730. The summed E-state index contributed by atoms with van der Waals surface area (Å²) in [6, 6.07) is 4.17. The van der Waals surface area contributed by atoms with Gasteiger partial charge in [-0.15, -0.1) is 11.6 Å². The molecule has 0 spiro atoms. The first kappa shape index (κ1) is 21.9. The maximum absolute atomic E-state index is 12.5. The van der Waals surface area contributed by atoms with Crippen molar-refractivity contribution < 1.29 is 22.7 Å². The number of carbonyl (C=O) groups excluding carboxylic acids is 2. The molecule has 2 rings (SSSR count). The summed E-state index contributed by atoms with van der Waals surface area (Å²) in [6.45, 7) is 1.65. The minimum absolute atomic E-state index is 0.0994. The zero-order valence-electron chi connectivity index (χ0n) is 14.8. The predicted molar refractivity (Wildman–Crippen MR) is 103 cm³/mol. The average Bonchev–Trinajstić information content (AvgIpc) is 2.63. The Labute approximate surface area is 171 Å². The van der Waals surface area contributed by atoms with E-state index in [1.165, 1.54) is 24.3 Å². The lowest BCUT2D eigenvalue weighted by Gasteiger charge is -2.12. The second kappa shape index (κ2) is 9.18. The smallest absolute Gasteiger partial charge is 0.339 e. The number of urea groups is 1. The van der Waals surface area contributed by atoms with E-state index in [-0.39, 0.29) is 16.7 Å². The molecule has 150 valence electrons. The van der Waals surface area contributed by atoms with Crippen molar-refractivity contribution in [2.75, 3.05) is 18.3 Å². The fourth-order valence-corrected chi connectivity index (χ4v) is 3.88. The molecular formula is C16H16Cl2N4O5S. The number of carbonyl (C=O) groups is 2. The maximum Gasteiger partial charge on any atom is 0.339 e. The molecule has 0 radical (unpaired) electrons. The monoisotopic (exact) mass is 446 g/mol. The van der Waals surface area contributed by atoms with Gasteiger partial charge in [0.25, 0.3) is 10.0 Å². The Morgan fingerprint density at radius 3 is 2.50 bits per heavy atom. The number of nitrogens with one attached hydrogen (secondary N) is 2. The molecule has 2 N–H and O–H groups in total. The number of alkyl halides is 1. The third-order valence-electron chi connectivity index (χ3n) is 3.54. The van der Waals surface area contributed by atoms with Crippen LogP contribution in [0.15, 0.2) is 29.2 Å². The van der Waals surface area contributed by atoms with Gasteiger partial charge >= 0.3 is 12.0 Å². The number of aromatic nitrogens is 2. The molecular weight excluding hydrogens is 431 g/mol. The first-order chi connectivity index (χ1) is 13.2. The number of halogens is 2. The third kappa shape index (κ3) is 5.09. The van der Waals surface area contributed by atoms with E-state index in [2.05, 4.69) is 20.0 Å². The molecule has 12 heteroatoms. The van der Waals surface area contributed by atoms with Crippen molar-refractivity contribution in [1.82, 2.24) is 14.7 Å². The number of benzene rings is 1. The van der Waals surface area contributed by atoms with Gasteiger partial charge in [-0.05, 0) is 25.5 Å². The molecule has 1 aromatic carbocycles. The minimum Gasteiger partial charge on any atom is -0.465 e. The van der Waals surface area contributed by atoms with Crippen molar-refractivity contribution in [3.8, 4) is 0 Å². The molecule has 28 heavy (non-hydrogen) atoms. The lowest BCUT2D eigenvalue weighted by atomic mass is 10.2. The van der Waals surface area contributed by atoms with Gasteiger partial charge in [0.1, 0.15) is 10.0 Å². The Kier molecular flexibility index (Phi) is 7.17. The number of rotatable bonds is 6. The van der Waals surface area contributed by atoms with E-state index in [9.17, 15) is 18.0 Å². The normalized spacial score (nSPS) is 11.0. The van der Waals surface area contributed by atoms with Crippen molar-refractivity contribution in [3.05, 3.63) is 46.2 Å². The van der Waals surface area contributed by atoms with Crippen LogP contribution in [0.2, 0.25) is 5.15 Å². The van der Waals surface area contributed by atoms with Crippen LogP contribution >= 0.6 is 23.2 Å². The molecule has 0 atom stereocenters. The molecule has 0 saturated carbocycles. The van der Waals surface area contributed by atoms with E-state index in [0.717, 1.165) is 7.11 Å². The molecule has 0 saturated heterocycles. The fourth-order valence-electron chi connectivity index (χ4n) is 2.28. The molecule has 0 bridgehead atoms. The van der Waals surface area contributed by atoms with Crippen LogP contribution < -0.4 is 10.0 Å². The van der Waals surface area contributed by atoms with E-state index in [1.54, 1.807) is 11.6 Å². The Bertz CT molecular complexity index is 991. The Hall–Kier alpha value is -2.43. The van der Waals surface area contributed by atoms with Crippen molar-refractivity contribution in [1.29, 1.82) is 0 Å². The number of methoxy groups -OCH3 is 1. The summed E-state index contributed by atoms with van der Waals surface area (Å²) >= 11 is 11.7. The summed E-state index contributed by atoms with van der Waals surface area (Å²) in [5, 5.41) is 2.30. The van der Waals surface area contributed by atoms with Crippen LogP contribution in [-0.4, -0.2) is 43.4 Å². The molecule has 1 heterocycles. The van der Waals surface area contributed by atoms with Crippen LogP contribution in [-0.2, 0) is 21.2 Å². The van der Waals surface area contributed by atoms with E-state index in [4.69, 9.17) is 23.2 Å². The van der Waals surface area contributed by atoms with Crippen LogP contribution in [0.1, 0.15) is 21.6 Å². The number of anilines is 1. The first-order valence-electron chi connectivity index (χ1n) is 7.79. The molecule has 9 nitrogen and oxygen atoms in total. The van der Waals surface area contributed by atoms with Gasteiger partial charge in [-0.25, -0.2) is 32.7 Å². The number of esters is 1. The second-order valence-electron chi connectivity index (χ2n) is 5.39. The lowest BCUT2D eigenvalue weighted by Crippen LogP contribution is -2.35. The zero-order valence-corrected chi connectivity index (χ0v) is 17.2. The van der Waals surface area contributed by atoms with Crippen molar-refractivity contribution >= 4 is 51.2 Å². The third-order valence-corrected chi connectivity index (χ3v) is 5.43. The largest absolute Gasteiger partial charge is 0.465 e. The molecule has 0 aliphatic rings. The van der Waals surface area contributed by atoms with Crippen LogP contribution in [0.4, 0.5) is 10.7 Å². The number of sulfonamides is 1. The summed E-state index contributed by atoms with van der Waals surface area (Å²) < 4.78 is 31.3. The molecule has 2 aromatic rings. The molecule has 0 fully saturated rings. The Morgan fingerprint density at radius 2 is 1.89 bits per heavy atom. The zero-order chi connectivity index (χ0) is 20.9. The number of nitrogens with zero attached hydrogens (tertiary/aromatic N) is 2. The number of amides is 2. The summed E-state index contributed by atoms with van der Waals surface area (Å²) in [4.78, 5) is 31.4. The second-order valence-corrected chi connectivity index (χ2v) is 7.78. The van der Waals surface area contributed by atoms with Crippen molar-refractivity contribution in [3.63, 3.8) is 0 Å². The summed E-state index contributed by atoms with van der Waals surface area (Å²) in [7, 11) is -3.26. The van der Waals surface area contributed by atoms with E-state index >= 15 is 0 Å². The van der Waals surface area contributed by atoms with Gasteiger partial charge in [0.15, 0.2) is 0 Å². The van der Waals surface area contributed by atoms with E-state index in [1.807, 2.05) is 0 Å². The molecule has 0 unspecified atom stereocenters. The fraction of sp³-hybridized carbons (Fsp3) is 0.250. The standard InChI is InChI=1S/C16H16Cl2N4O5S/c1-9-10(7-8-17)13(18)20-15(19-9)21-16(24)22-28(25,26)12-6-4-3-5-11(12)14(23)27-2/h3-6H,7-8H2,1-2H3,(H2,19,20,21,22,24). The highest BCUT2D eigenvalue weighted by molar-refractivity contribution is 7.90. The topological polar surface area (TPSA) is 127 Å². The molecule has 0 aliphatic heterocycles. The predicted octanol–water partition coefficient (Wildman–Crippen LogP) is 2.52. The van der Waals surface area contributed by atoms with Crippen LogP contribution in [0.25, 0.3) is 0 Å². The van der Waals surface area contributed by atoms with Crippen LogP contribution in [0.3, 0.4) is 0 Å². The highest BCUT2D eigenvalue weighted by Gasteiger charge is 2.25. The van der Waals surface area contributed by atoms with Gasteiger partial charge in [-0.3, -0.25) is 5.32 Å². The van der Waals surface area contributed by atoms with Gasteiger partial charge < -0.3 is 4.74 Å². The van der Waals surface area contributed by atoms with Gasteiger partial charge in [-0.2, -0.15) is 0 Å². The van der Waals surface area contributed by atoms with E-state index in [0.29, 0.717) is 23.6 Å². The summed E-state index contributed by atoms with van der Waals surface area (Å²) in [5.41, 5.74) is 0.906. The van der Waals surface area contributed by atoms with Crippen molar-refractivity contribution in [2.24, 2.45) is 0 Å². The molecule has 0 aliphatic carbocycles. The number of hydrogen-bond acceptors (Lipinski definition) is 7. The van der Waals surface area contributed by atoms with Gasteiger partial charge in [-0.1, -0.05) is 23.7 Å². The maximum atomic E-state index is 12.5. The lowest BCUT2D eigenvalue weighted by molar-refractivity contribution is 0.0596. The number of hydrogen-bond donors (Lipinski definition) is 2. The summed E-state index contributed by atoms with van der Waals surface area (Å²) in [6.07, 6.45) is 0.442. The van der Waals surface area contributed by atoms with Gasteiger partial charge in [0.05, 0.1) is 12.7 Å². The number of ether oxygens (including phenoxy) is 1. The highest BCUT2D eigenvalue weighted by atomic mass is 35.5. The first-order valence-corrected chi connectivity index (χ1v) is 10.2. The Morgan fingerprint density at radius 1 is 1.21 bits per heavy atom. The molecule has 2 amide bonds. The number of aryl methyl sites for hydroxylation is 1. The van der Waals surface area contributed by atoms with Crippen LogP contribution in [0, 0.1) is 6.92 Å². The quantitative estimate of drug-likeness (QED) is 0.396. The highest BCUT2D eigenvalue weighted by Crippen LogP contribution is 2.20. The average molecular weight is 447 g/mol. The SMILES string of the molecule is COC(=O)c1ccccc1S(=O)(=O)NC(=O)Nc1nc(C)c(CCCl)c(Cl)n1. The van der Waals surface area contributed by atoms with Crippen LogP contribution in [0.5, 0.6) is 0 Å². The minimum atomic E-state index is -4.37. The van der Waals surface area contributed by atoms with Gasteiger partial charge in [0, 0.05) is 17.1 Å².